The van der Waals surface area contributed by atoms with Crippen molar-refractivity contribution in [3.05, 3.63) is 39.2 Å². The normalized spacial score (nSPS) is 10.2. The molecule has 0 aliphatic rings. The van der Waals surface area contributed by atoms with Crippen molar-refractivity contribution < 1.29 is 0 Å². The fourth-order valence-electron chi connectivity index (χ4n) is 0.970. The lowest BCUT2D eigenvalue weighted by Crippen LogP contribution is -2.03. The molecule has 0 spiro atoms. The predicted molar refractivity (Wildman–Crippen MR) is 53.2 cm³/mol. The van der Waals surface area contributed by atoms with Crippen LogP contribution in [0.2, 0.25) is 5.15 Å². The number of pyridine rings is 1. The largest absolute Gasteiger partial charge is 0.351 e. The van der Waals surface area contributed by atoms with Gasteiger partial charge >= 0.3 is 0 Å². The zero-order valence-electron chi connectivity index (χ0n) is 6.45. The summed E-state index contributed by atoms with van der Waals surface area (Å²) >= 11 is 7.03. The van der Waals surface area contributed by atoms with E-state index in [2.05, 4.69) is 9.97 Å². The van der Waals surface area contributed by atoms with E-state index in [-0.39, 0.29) is 5.43 Å². The third-order valence-corrected chi connectivity index (χ3v) is 2.56. The number of rotatable bonds is 1. The SMILES string of the molecule is O=c1cc(Cl)[nH]cc1-c1nccs1. The van der Waals surface area contributed by atoms with E-state index in [1.807, 2.05) is 5.38 Å². The summed E-state index contributed by atoms with van der Waals surface area (Å²) in [6, 6.07) is 1.35. The molecule has 13 heavy (non-hydrogen) atoms. The molecular weight excluding hydrogens is 208 g/mol. The van der Waals surface area contributed by atoms with Crippen LogP contribution < -0.4 is 5.43 Å². The van der Waals surface area contributed by atoms with Crippen molar-refractivity contribution in [1.82, 2.24) is 9.97 Å². The lowest BCUT2D eigenvalue weighted by Gasteiger charge is -1.94. The number of hydrogen-bond acceptors (Lipinski definition) is 3. The highest BCUT2D eigenvalue weighted by molar-refractivity contribution is 7.13. The van der Waals surface area contributed by atoms with Crippen molar-refractivity contribution >= 4 is 22.9 Å². The first-order chi connectivity index (χ1) is 6.27. The maximum absolute atomic E-state index is 11.4. The van der Waals surface area contributed by atoms with Gasteiger partial charge in [-0.25, -0.2) is 4.98 Å². The van der Waals surface area contributed by atoms with Crippen molar-refractivity contribution in [1.29, 1.82) is 0 Å². The molecule has 0 atom stereocenters. The number of nitrogens with zero attached hydrogens (tertiary/aromatic N) is 1. The molecule has 1 N–H and O–H groups in total. The van der Waals surface area contributed by atoms with Gasteiger partial charge in [-0.3, -0.25) is 4.79 Å². The second kappa shape index (κ2) is 3.32. The van der Waals surface area contributed by atoms with Crippen molar-refractivity contribution in [3.8, 4) is 10.6 Å². The van der Waals surface area contributed by atoms with E-state index in [1.165, 1.54) is 17.4 Å². The van der Waals surface area contributed by atoms with Gasteiger partial charge in [0.2, 0.25) is 0 Å². The highest BCUT2D eigenvalue weighted by atomic mass is 35.5. The molecule has 0 saturated carbocycles. The topological polar surface area (TPSA) is 45.8 Å². The van der Waals surface area contributed by atoms with Crippen LogP contribution in [0.3, 0.4) is 0 Å². The van der Waals surface area contributed by atoms with Gasteiger partial charge in [-0.1, -0.05) is 11.6 Å². The number of H-pyrrole nitrogens is 1. The number of halogens is 1. The van der Waals surface area contributed by atoms with Gasteiger partial charge in [0, 0.05) is 23.8 Å². The molecule has 0 unspecified atom stereocenters. The fraction of sp³-hybridized carbons (Fsp3) is 0. The second-order valence-electron chi connectivity index (χ2n) is 2.40. The summed E-state index contributed by atoms with van der Waals surface area (Å²) in [4.78, 5) is 18.2. The summed E-state index contributed by atoms with van der Waals surface area (Å²) in [5.41, 5.74) is 0.443. The smallest absolute Gasteiger partial charge is 0.193 e. The minimum Gasteiger partial charge on any atom is -0.351 e. The Kier molecular flexibility index (Phi) is 2.16. The molecule has 0 aromatic carbocycles. The van der Waals surface area contributed by atoms with Crippen molar-refractivity contribution in [2.45, 2.75) is 0 Å². The van der Waals surface area contributed by atoms with Crippen LogP contribution in [0.4, 0.5) is 0 Å². The minimum absolute atomic E-state index is 0.112. The Balaban J connectivity index is 2.60. The first-order valence-electron chi connectivity index (χ1n) is 3.55. The zero-order chi connectivity index (χ0) is 9.26. The summed E-state index contributed by atoms with van der Waals surface area (Å²) in [5.74, 6) is 0. The van der Waals surface area contributed by atoms with E-state index < -0.39 is 0 Å². The highest BCUT2D eigenvalue weighted by Crippen LogP contribution is 2.17. The van der Waals surface area contributed by atoms with E-state index in [0.717, 1.165) is 0 Å². The van der Waals surface area contributed by atoms with Crippen molar-refractivity contribution in [3.63, 3.8) is 0 Å². The molecule has 2 aromatic rings. The molecule has 0 bridgehead atoms. The van der Waals surface area contributed by atoms with Crippen LogP contribution in [-0.2, 0) is 0 Å². The van der Waals surface area contributed by atoms with Crippen LogP contribution in [0.1, 0.15) is 0 Å². The lowest BCUT2D eigenvalue weighted by molar-refractivity contribution is 1.29. The van der Waals surface area contributed by atoms with Gasteiger partial charge in [0.05, 0.1) is 5.56 Å². The third-order valence-electron chi connectivity index (χ3n) is 1.54. The maximum Gasteiger partial charge on any atom is 0.193 e. The molecule has 0 aliphatic heterocycles. The number of thiazole rings is 1. The standard InChI is InChI=1S/C8H5ClN2OS/c9-7-3-6(12)5(4-11-7)8-10-1-2-13-8/h1-4H,(H,11,12). The first-order valence-corrected chi connectivity index (χ1v) is 4.81. The zero-order valence-corrected chi connectivity index (χ0v) is 8.02. The van der Waals surface area contributed by atoms with Gasteiger partial charge in [0.15, 0.2) is 5.43 Å². The molecule has 5 heteroatoms. The van der Waals surface area contributed by atoms with Crippen LogP contribution in [0.5, 0.6) is 0 Å². The van der Waals surface area contributed by atoms with Crippen LogP contribution in [0, 0.1) is 0 Å². The summed E-state index contributed by atoms with van der Waals surface area (Å²) < 4.78 is 0. The quantitative estimate of drug-likeness (QED) is 0.737. The highest BCUT2D eigenvalue weighted by Gasteiger charge is 2.04. The molecule has 0 radical (unpaired) electrons. The molecule has 0 amide bonds. The van der Waals surface area contributed by atoms with Crippen molar-refractivity contribution in [2.75, 3.05) is 0 Å². The Morgan fingerprint density at radius 3 is 3.00 bits per heavy atom. The summed E-state index contributed by atoms with van der Waals surface area (Å²) in [5, 5.41) is 2.87. The first kappa shape index (κ1) is 8.47. The van der Waals surface area contributed by atoms with Crippen LogP contribution in [-0.4, -0.2) is 9.97 Å². The van der Waals surface area contributed by atoms with Gasteiger partial charge in [0.25, 0.3) is 0 Å². The molecule has 0 fully saturated rings. The molecule has 2 rings (SSSR count). The van der Waals surface area contributed by atoms with Gasteiger partial charge in [-0.2, -0.15) is 0 Å². The summed E-state index contributed by atoms with van der Waals surface area (Å²) in [6.07, 6.45) is 3.23. The van der Waals surface area contributed by atoms with E-state index in [4.69, 9.17) is 11.6 Å². The van der Waals surface area contributed by atoms with Crippen LogP contribution in [0.25, 0.3) is 10.6 Å². The molecule has 0 aliphatic carbocycles. The number of aromatic amines is 1. The lowest BCUT2D eigenvalue weighted by atomic mass is 10.3. The van der Waals surface area contributed by atoms with Crippen LogP contribution >= 0.6 is 22.9 Å². The molecular formula is C8H5ClN2OS. The Labute approximate surface area is 83.0 Å². The van der Waals surface area contributed by atoms with E-state index >= 15 is 0 Å². The average Bonchev–Trinajstić information content (AvgIpc) is 2.56. The number of aromatic nitrogens is 2. The summed E-state index contributed by atoms with van der Waals surface area (Å²) in [7, 11) is 0. The van der Waals surface area contributed by atoms with Gasteiger partial charge < -0.3 is 4.98 Å². The Morgan fingerprint density at radius 1 is 1.54 bits per heavy atom. The summed E-state index contributed by atoms with van der Waals surface area (Å²) in [6.45, 7) is 0. The average molecular weight is 213 g/mol. The van der Waals surface area contributed by atoms with Gasteiger partial charge in [-0.15, -0.1) is 11.3 Å². The van der Waals surface area contributed by atoms with Crippen LogP contribution in [0.15, 0.2) is 28.6 Å². The molecule has 0 saturated heterocycles. The Morgan fingerprint density at radius 2 is 2.38 bits per heavy atom. The Bertz CT molecular complexity index is 463. The second-order valence-corrected chi connectivity index (χ2v) is 3.70. The van der Waals surface area contributed by atoms with Crippen molar-refractivity contribution in [2.24, 2.45) is 0 Å². The number of nitrogens with one attached hydrogen (secondary N) is 1. The molecule has 3 nitrogen and oxygen atoms in total. The van der Waals surface area contributed by atoms with E-state index in [1.54, 1.807) is 12.4 Å². The maximum atomic E-state index is 11.4. The predicted octanol–water partition coefficient (Wildman–Crippen LogP) is 2.15. The van der Waals surface area contributed by atoms with E-state index in [9.17, 15) is 4.79 Å². The third kappa shape index (κ3) is 1.64. The molecule has 66 valence electrons. The van der Waals surface area contributed by atoms with Gasteiger partial charge in [0.1, 0.15) is 10.2 Å². The molecule has 2 heterocycles. The molecule has 2 aromatic heterocycles. The van der Waals surface area contributed by atoms with E-state index in [0.29, 0.717) is 15.7 Å². The minimum atomic E-state index is -0.112. The number of hydrogen-bond donors (Lipinski definition) is 1. The fourth-order valence-corrected chi connectivity index (χ4v) is 1.78. The monoisotopic (exact) mass is 212 g/mol. The Hall–Kier alpha value is -1.13. The van der Waals surface area contributed by atoms with Gasteiger partial charge in [-0.05, 0) is 0 Å².